The molecule has 0 spiro atoms. The number of rotatable bonds is 1. The number of hydrogen-bond acceptors (Lipinski definition) is 2. The van der Waals surface area contributed by atoms with E-state index in [4.69, 9.17) is 9.47 Å². The lowest BCUT2D eigenvalue weighted by Gasteiger charge is -2.29. The minimum absolute atomic E-state index is 0.0475. The summed E-state index contributed by atoms with van der Waals surface area (Å²) >= 11 is 0. The summed E-state index contributed by atoms with van der Waals surface area (Å²) in [5.41, 5.74) is 1.19. The van der Waals surface area contributed by atoms with Crippen LogP contribution < -0.4 is 0 Å². The van der Waals surface area contributed by atoms with Gasteiger partial charge in [-0.15, -0.1) is 0 Å². The van der Waals surface area contributed by atoms with Crippen molar-refractivity contribution in [3.63, 3.8) is 0 Å². The molecule has 0 aromatic heterocycles. The summed E-state index contributed by atoms with van der Waals surface area (Å²) in [5, 5.41) is 0. The quantitative estimate of drug-likeness (QED) is 0.602. The Morgan fingerprint density at radius 3 is 2.58 bits per heavy atom. The second-order valence-corrected chi connectivity index (χ2v) is 4.30. The molecule has 0 radical (unpaired) electrons. The first-order chi connectivity index (χ1) is 5.47. The molecule has 0 saturated carbocycles. The highest BCUT2D eigenvalue weighted by molar-refractivity contribution is 4.96. The summed E-state index contributed by atoms with van der Waals surface area (Å²) in [6, 6.07) is 0. The molecule has 70 valence electrons. The molecule has 2 nitrogen and oxygen atoms in total. The summed E-state index contributed by atoms with van der Waals surface area (Å²) < 4.78 is 11.0. The molecule has 1 aliphatic rings. The third-order valence-electron chi connectivity index (χ3n) is 1.68. The Kier molecular flexibility index (Phi) is 2.78. The lowest BCUT2D eigenvalue weighted by molar-refractivity contribution is -0.176. The zero-order chi connectivity index (χ0) is 9.19. The molecule has 1 rings (SSSR count). The van der Waals surface area contributed by atoms with Crippen molar-refractivity contribution >= 4 is 0 Å². The van der Waals surface area contributed by atoms with E-state index in [0.717, 1.165) is 12.8 Å². The van der Waals surface area contributed by atoms with Crippen LogP contribution in [-0.4, -0.2) is 11.9 Å². The highest BCUT2D eigenvalue weighted by atomic mass is 16.7. The van der Waals surface area contributed by atoms with E-state index in [0.29, 0.717) is 0 Å². The molecule has 1 heterocycles. The van der Waals surface area contributed by atoms with Gasteiger partial charge in [0.05, 0.1) is 11.9 Å². The highest BCUT2D eigenvalue weighted by Gasteiger charge is 2.21. The Bertz CT molecular complexity index is 177. The van der Waals surface area contributed by atoms with E-state index in [1.807, 2.05) is 20.8 Å². The van der Waals surface area contributed by atoms with Crippen molar-refractivity contribution in [1.82, 2.24) is 0 Å². The summed E-state index contributed by atoms with van der Waals surface area (Å²) in [6.07, 6.45) is 3.81. The van der Waals surface area contributed by atoms with Crippen molar-refractivity contribution in [1.29, 1.82) is 0 Å². The van der Waals surface area contributed by atoms with Gasteiger partial charge in [-0.1, -0.05) is 0 Å². The SMILES string of the molecule is CC1=COC(OC(C)(C)C)CC1. The van der Waals surface area contributed by atoms with Gasteiger partial charge in [0.1, 0.15) is 0 Å². The van der Waals surface area contributed by atoms with Crippen molar-refractivity contribution in [2.45, 2.75) is 52.4 Å². The second-order valence-electron chi connectivity index (χ2n) is 4.30. The van der Waals surface area contributed by atoms with E-state index >= 15 is 0 Å². The fraction of sp³-hybridized carbons (Fsp3) is 0.800. The third-order valence-corrected chi connectivity index (χ3v) is 1.68. The minimum atomic E-state index is -0.107. The van der Waals surface area contributed by atoms with Gasteiger partial charge < -0.3 is 9.47 Å². The van der Waals surface area contributed by atoms with E-state index in [9.17, 15) is 0 Å². The minimum Gasteiger partial charge on any atom is -0.473 e. The summed E-state index contributed by atoms with van der Waals surface area (Å²) in [4.78, 5) is 0. The van der Waals surface area contributed by atoms with Gasteiger partial charge in [-0.2, -0.15) is 0 Å². The monoisotopic (exact) mass is 170 g/mol. The summed E-state index contributed by atoms with van der Waals surface area (Å²) in [5.74, 6) is 0. The van der Waals surface area contributed by atoms with Crippen molar-refractivity contribution in [3.05, 3.63) is 11.8 Å². The largest absolute Gasteiger partial charge is 0.473 e. The third kappa shape index (κ3) is 3.26. The fourth-order valence-electron chi connectivity index (χ4n) is 1.15. The Hall–Kier alpha value is -0.500. The normalized spacial score (nSPS) is 24.7. The molecule has 1 atom stereocenters. The zero-order valence-corrected chi connectivity index (χ0v) is 8.39. The van der Waals surface area contributed by atoms with Crippen LogP contribution in [0.15, 0.2) is 11.8 Å². The number of hydrogen-bond donors (Lipinski definition) is 0. The van der Waals surface area contributed by atoms with Gasteiger partial charge in [0, 0.05) is 6.42 Å². The number of allylic oxidation sites excluding steroid dienone is 1. The molecule has 0 aromatic carbocycles. The molecular weight excluding hydrogens is 152 g/mol. The molecule has 0 fully saturated rings. The van der Waals surface area contributed by atoms with Gasteiger partial charge in [0.2, 0.25) is 0 Å². The Morgan fingerprint density at radius 2 is 2.17 bits per heavy atom. The van der Waals surface area contributed by atoms with Gasteiger partial charge in [0.15, 0.2) is 6.29 Å². The predicted molar refractivity (Wildman–Crippen MR) is 48.7 cm³/mol. The molecule has 0 aromatic rings. The molecule has 0 saturated heterocycles. The second kappa shape index (κ2) is 3.48. The van der Waals surface area contributed by atoms with Crippen LogP contribution in [0.3, 0.4) is 0 Å². The standard InChI is InChI=1S/C10H18O2/c1-8-5-6-9(11-7-8)12-10(2,3)4/h7,9H,5-6H2,1-4H3. The molecule has 0 N–H and O–H groups in total. The highest BCUT2D eigenvalue weighted by Crippen LogP contribution is 2.21. The van der Waals surface area contributed by atoms with Gasteiger partial charge >= 0.3 is 0 Å². The lowest BCUT2D eigenvalue weighted by atomic mass is 10.1. The number of ether oxygens (including phenoxy) is 2. The van der Waals surface area contributed by atoms with Crippen molar-refractivity contribution in [2.24, 2.45) is 0 Å². The van der Waals surface area contributed by atoms with Gasteiger partial charge in [-0.25, -0.2) is 0 Å². The molecule has 12 heavy (non-hydrogen) atoms. The zero-order valence-electron chi connectivity index (χ0n) is 8.39. The maximum atomic E-state index is 5.66. The van der Waals surface area contributed by atoms with Crippen molar-refractivity contribution < 1.29 is 9.47 Å². The first-order valence-electron chi connectivity index (χ1n) is 4.46. The molecule has 1 aliphatic heterocycles. The maximum absolute atomic E-state index is 5.66. The maximum Gasteiger partial charge on any atom is 0.199 e. The van der Waals surface area contributed by atoms with E-state index in [-0.39, 0.29) is 11.9 Å². The molecule has 0 bridgehead atoms. The van der Waals surface area contributed by atoms with Crippen LogP contribution in [0, 0.1) is 0 Å². The van der Waals surface area contributed by atoms with E-state index in [1.165, 1.54) is 5.57 Å². The topological polar surface area (TPSA) is 18.5 Å². The average Bonchev–Trinajstić information content (AvgIpc) is 1.91. The van der Waals surface area contributed by atoms with Crippen LogP contribution in [-0.2, 0) is 9.47 Å². The van der Waals surface area contributed by atoms with E-state index < -0.39 is 0 Å². The van der Waals surface area contributed by atoms with E-state index in [2.05, 4.69) is 6.92 Å². The molecule has 2 heteroatoms. The summed E-state index contributed by atoms with van der Waals surface area (Å²) in [6.45, 7) is 8.21. The van der Waals surface area contributed by atoms with Crippen LogP contribution in [0.2, 0.25) is 0 Å². The van der Waals surface area contributed by atoms with Crippen LogP contribution in [0.25, 0.3) is 0 Å². The molecular formula is C10H18O2. The Morgan fingerprint density at radius 1 is 1.50 bits per heavy atom. The molecule has 1 unspecified atom stereocenters. The lowest BCUT2D eigenvalue weighted by Crippen LogP contribution is -2.29. The first kappa shape index (κ1) is 9.59. The van der Waals surface area contributed by atoms with Gasteiger partial charge in [-0.05, 0) is 39.7 Å². The van der Waals surface area contributed by atoms with Crippen molar-refractivity contribution in [2.75, 3.05) is 0 Å². The van der Waals surface area contributed by atoms with Crippen LogP contribution >= 0.6 is 0 Å². The van der Waals surface area contributed by atoms with Gasteiger partial charge in [0.25, 0.3) is 0 Å². The molecule has 0 amide bonds. The average molecular weight is 170 g/mol. The van der Waals surface area contributed by atoms with Crippen LogP contribution in [0.5, 0.6) is 0 Å². The summed E-state index contributed by atoms with van der Waals surface area (Å²) in [7, 11) is 0. The van der Waals surface area contributed by atoms with Crippen LogP contribution in [0.4, 0.5) is 0 Å². The first-order valence-corrected chi connectivity index (χ1v) is 4.46. The smallest absolute Gasteiger partial charge is 0.199 e. The van der Waals surface area contributed by atoms with Gasteiger partial charge in [-0.3, -0.25) is 0 Å². The Balaban J connectivity index is 2.37. The van der Waals surface area contributed by atoms with Crippen LogP contribution in [0.1, 0.15) is 40.5 Å². The fourth-order valence-corrected chi connectivity index (χ4v) is 1.15. The molecule has 0 aliphatic carbocycles. The Labute approximate surface area is 74.6 Å². The van der Waals surface area contributed by atoms with Crippen molar-refractivity contribution in [3.8, 4) is 0 Å². The predicted octanol–water partition coefficient (Wildman–Crippen LogP) is 2.84. The van der Waals surface area contributed by atoms with E-state index in [1.54, 1.807) is 6.26 Å².